The van der Waals surface area contributed by atoms with E-state index in [9.17, 15) is 9.18 Å². The van der Waals surface area contributed by atoms with Gasteiger partial charge in [0.2, 0.25) is 11.7 Å². The van der Waals surface area contributed by atoms with Gasteiger partial charge in [-0.3, -0.25) is 4.79 Å². The van der Waals surface area contributed by atoms with Crippen LogP contribution in [0.1, 0.15) is 5.56 Å². The van der Waals surface area contributed by atoms with Gasteiger partial charge in [-0.15, -0.1) is 10.2 Å². The molecule has 0 unspecified atom stereocenters. The molecule has 1 N–H and O–H groups in total. The first-order chi connectivity index (χ1) is 14.7. The van der Waals surface area contributed by atoms with E-state index in [0.29, 0.717) is 17.3 Å². The predicted octanol–water partition coefficient (Wildman–Crippen LogP) is 3.70. The van der Waals surface area contributed by atoms with Gasteiger partial charge in [0.1, 0.15) is 24.7 Å². The number of ether oxygens (including phenoxy) is 1. The van der Waals surface area contributed by atoms with Crippen molar-refractivity contribution in [3.8, 4) is 17.1 Å². The lowest BCUT2D eigenvalue weighted by molar-refractivity contribution is -0.117. The molecule has 30 heavy (non-hydrogen) atoms. The van der Waals surface area contributed by atoms with Crippen LogP contribution >= 0.6 is 0 Å². The number of amides is 1. The van der Waals surface area contributed by atoms with Gasteiger partial charge in [0.05, 0.1) is 0 Å². The maximum Gasteiger partial charge on any atom is 0.248 e. The van der Waals surface area contributed by atoms with Crippen molar-refractivity contribution in [3.63, 3.8) is 0 Å². The monoisotopic (exact) mass is 403 g/mol. The summed E-state index contributed by atoms with van der Waals surface area (Å²) in [6, 6.07) is 22.6. The number of nitrogens with one attached hydrogen (secondary N) is 1. The first-order valence-corrected chi connectivity index (χ1v) is 9.26. The number of hydrogen-bond acceptors (Lipinski definition) is 5. The molecule has 0 spiro atoms. The number of halogens is 1. The van der Waals surface area contributed by atoms with E-state index in [-0.39, 0.29) is 24.9 Å². The first kappa shape index (κ1) is 19.3. The van der Waals surface area contributed by atoms with Gasteiger partial charge in [0.15, 0.2) is 0 Å². The second kappa shape index (κ2) is 8.95. The summed E-state index contributed by atoms with van der Waals surface area (Å²) in [4.78, 5) is 13.6. The Balaban J connectivity index is 1.34. The minimum absolute atomic E-state index is 0.0752. The van der Waals surface area contributed by atoms with Gasteiger partial charge in [-0.1, -0.05) is 48.5 Å². The van der Waals surface area contributed by atoms with Crippen LogP contribution in [0.15, 0.2) is 78.9 Å². The van der Waals surface area contributed by atoms with Crippen molar-refractivity contribution in [1.29, 1.82) is 0 Å². The van der Waals surface area contributed by atoms with Gasteiger partial charge < -0.3 is 10.1 Å². The zero-order valence-corrected chi connectivity index (χ0v) is 15.9. The van der Waals surface area contributed by atoms with Crippen LogP contribution in [-0.2, 0) is 17.9 Å². The first-order valence-electron chi connectivity index (χ1n) is 9.26. The van der Waals surface area contributed by atoms with Gasteiger partial charge in [-0.2, -0.15) is 4.80 Å². The second-order valence-electron chi connectivity index (χ2n) is 6.50. The molecule has 7 nitrogen and oxygen atoms in total. The maximum atomic E-state index is 13.3. The Morgan fingerprint density at radius 2 is 1.83 bits per heavy atom. The summed E-state index contributed by atoms with van der Waals surface area (Å²) in [5.74, 6) is 0.405. The van der Waals surface area contributed by atoms with Crippen molar-refractivity contribution in [2.75, 3.05) is 5.32 Å². The van der Waals surface area contributed by atoms with Crippen molar-refractivity contribution >= 4 is 11.6 Å². The molecule has 0 bridgehead atoms. The van der Waals surface area contributed by atoms with E-state index in [4.69, 9.17) is 4.74 Å². The van der Waals surface area contributed by atoms with Crippen LogP contribution < -0.4 is 10.1 Å². The molecule has 150 valence electrons. The van der Waals surface area contributed by atoms with Crippen molar-refractivity contribution in [1.82, 2.24) is 20.2 Å². The number of carbonyl (C=O) groups excluding carboxylic acids is 1. The minimum Gasteiger partial charge on any atom is -0.489 e. The molecule has 0 aliphatic carbocycles. The molecule has 1 amide bonds. The molecule has 1 aromatic heterocycles. The van der Waals surface area contributed by atoms with Crippen LogP contribution in [0.25, 0.3) is 11.4 Å². The van der Waals surface area contributed by atoms with Crippen LogP contribution in [0.3, 0.4) is 0 Å². The molecule has 0 fully saturated rings. The molecule has 4 aromatic rings. The molecule has 0 aliphatic rings. The average Bonchev–Trinajstić information content (AvgIpc) is 3.21. The van der Waals surface area contributed by atoms with Crippen molar-refractivity contribution < 1.29 is 13.9 Å². The van der Waals surface area contributed by atoms with Crippen LogP contribution in [0, 0.1) is 5.82 Å². The van der Waals surface area contributed by atoms with Gasteiger partial charge >= 0.3 is 0 Å². The Labute approximate surface area is 172 Å². The third kappa shape index (κ3) is 5.05. The number of nitrogens with zero attached hydrogens (tertiary/aromatic N) is 4. The number of carbonyl (C=O) groups is 1. The molecular formula is C22H18FN5O2. The highest BCUT2D eigenvalue weighted by Crippen LogP contribution is 2.19. The smallest absolute Gasteiger partial charge is 0.248 e. The van der Waals surface area contributed by atoms with E-state index in [1.807, 2.05) is 30.3 Å². The van der Waals surface area contributed by atoms with Gasteiger partial charge in [0, 0.05) is 17.3 Å². The van der Waals surface area contributed by atoms with Crippen molar-refractivity contribution in [2.45, 2.75) is 13.2 Å². The summed E-state index contributed by atoms with van der Waals surface area (Å²) >= 11 is 0. The van der Waals surface area contributed by atoms with E-state index in [2.05, 4.69) is 20.7 Å². The quantitative estimate of drug-likeness (QED) is 0.509. The fraction of sp³-hybridized carbons (Fsp3) is 0.0909. The predicted molar refractivity (Wildman–Crippen MR) is 109 cm³/mol. The normalized spacial score (nSPS) is 10.6. The Morgan fingerprint density at radius 3 is 2.67 bits per heavy atom. The molecule has 0 saturated heterocycles. The summed E-state index contributed by atoms with van der Waals surface area (Å²) in [5, 5.41) is 14.9. The SMILES string of the molecule is O=C(Cn1nnc(-c2ccccc2)n1)Nc1cccc(OCc2cccc(F)c2)c1. The molecule has 0 radical (unpaired) electrons. The van der Waals surface area contributed by atoms with Crippen LogP contribution in [0.4, 0.5) is 10.1 Å². The fourth-order valence-corrected chi connectivity index (χ4v) is 2.80. The topological polar surface area (TPSA) is 81.9 Å². The van der Waals surface area contributed by atoms with Crippen molar-refractivity contribution in [2.24, 2.45) is 0 Å². The Morgan fingerprint density at radius 1 is 1.00 bits per heavy atom. The summed E-state index contributed by atoms with van der Waals surface area (Å²) < 4.78 is 18.9. The molecule has 0 atom stereocenters. The highest BCUT2D eigenvalue weighted by Gasteiger charge is 2.10. The lowest BCUT2D eigenvalue weighted by atomic mass is 10.2. The fourth-order valence-electron chi connectivity index (χ4n) is 2.80. The van der Waals surface area contributed by atoms with E-state index in [1.54, 1.807) is 36.4 Å². The van der Waals surface area contributed by atoms with Crippen LogP contribution in [0.2, 0.25) is 0 Å². The summed E-state index contributed by atoms with van der Waals surface area (Å²) in [5.41, 5.74) is 2.11. The molecule has 0 aliphatic heterocycles. The summed E-state index contributed by atoms with van der Waals surface area (Å²) in [7, 11) is 0. The second-order valence-corrected chi connectivity index (χ2v) is 6.50. The van der Waals surface area contributed by atoms with E-state index >= 15 is 0 Å². The number of tetrazole rings is 1. The van der Waals surface area contributed by atoms with E-state index in [0.717, 1.165) is 11.1 Å². The van der Waals surface area contributed by atoms with Crippen LogP contribution in [0.5, 0.6) is 5.75 Å². The number of aromatic nitrogens is 4. The average molecular weight is 403 g/mol. The molecule has 1 heterocycles. The largest absolute Gasteiger partial charge is 0.489 e. The van der Waals surface area contributed by atoms with Gasteiger partial charge in [-0.05, 0) is 35.0 Å². The molecular weight excluding hydrogens is 385 g/mol. The zero-order valence-electron chi connectivity index (χ0n) is 15.9. The lowest BCUT2D eigenvalue weighted by Crippen LogP contribution is -2.20. The van der Waals surface area contributed by atoms with E-state index < -0.39 is 0 Å². The molecule has 0 saturated carbocycles. The standard InChI is InChI=1S/C22H18FN5O2/c23-18-9-4-6-16(12-18)15-30-20-11-5-10-19(13-20)24-21(29)14-28-26-22(25-27-28)17-7-2-1-3-8-17/h1-13H,14-15H2,(H,24,29). The zero-order chi connectivity index (χ0) is 20.8. The number of benzene rings is 3. The summed E-state index contributed by atoms with van der Waals surface area (Å²) in [6.07, 6.45) is 0. The lowest BCUT2D eigenvalue weighted by Gasteiger charge is -2.09. The Kier molecular flexibility index (Phi) is 5.75. The third-order valence-corrected chi connectivity index (χ3v) is 4.18. The minimum atomic E-state index is -0.311. The molecule has 8 heteroatoms. The summed E-state index contributed by atoms with van der Waals surface area (Å²) in [6.45, 7) is 0.147. The Bertz CT molecular complexity index is 1150. The number of hydrogen-bond donors (Lipinski definition) is 1. The molecule has 3 aromatic carbocycles. The molecule has 4 rings (SSSR count). The van der Waals surface area contributed by atoms with E-state index in [1.165, 1.54) is 16.9 Å². The highest BCUT2D eigenvalue weighted by molar-refractivity contribution is 5.90. The third-order valence-electron chi connectivity index (χ3n) is 4.18. The maximum absolute atomic E-state index is 13.3. The van der Waals surface area contributed by atoms with Gasteiger partial charge in [-0.25, -0.2) is 4.39 Å². The Hall–Kier alpha value is -4.07. The number of anilines is 1. The number of rotatable bonds is 7. The van der Waals surface area contributed by atoms with Crippen LogP contribution in [-0.4, -0.2) is 26.1 Å². The van der Waals surface area contributed by atoms with Gasteiger partial charge in [0.25, 0.3) is 0 Å². The highest BCUT2D eigenvalue weighted by atomic mass is 19.1. The van der Waals surface area contributed by atoms with Crippen molar-refractivity contribution in [3.05, 3.63) is 90.2 Å².